The molecule has 0 aliphatic heterocycles. The highest BCUT2D eigenvalue weighted by Crippen LogP contribution is 2.33. The van der Waals surface area contributed by atoms with Gasteiger partial charge in [0.1, 0.15) is 11.4 Å². The lowest BCUT2D eigenvalue weighted by molar-refractivity contribution is 0.0923. The summed E-state index contributed by atoms with van der Waals surface area (Å²) in [4.78, 5) is 12.4. The molecular formula is C20H21F2NO2. The molecule has 0 unspecified atom stereocenters. The number of aromatic hydroxyl groups is 1. The number of amides is 1. The van der Waals surface area contributed by atoms with Crippen LogP contribution in [0.4, 0.5) is 8.78 Å². The molecule has 0 bridgehead atoms. The first-order valence-electron chi connectivity index (χ1n) is 8.49. The van der Waals surface area contributed by atoms with Gasteiger partial charge in [-0.25, -0.2) is 8.78 Å². The molecule has 132 valence electrons. The first-order chi connectivity index (χ1) is 11.9. The number of nitrogens with one attached hydrogen (secondary N) is 1. The highest BCUT2D eigenvalue weighted by Gasteiger charge is 2.26. The largest absolute Gasteiger partial charge is 0.505 e. The molecule has 0 heterocycles. The van der Waals surface area contributed by atoms with Crippen molar-refractivity contribution in [2.24, 2.45) is 0 Å². The zero-order valence-electron chi connectivity index (χ0n) is 14.3. The van der Waals surface area contributed by atoms with Crippen LogP contribution in [0.25, 0.3) is 0 Å². The van der Waals surface area contributed by atoms with Crippen LogP contribution in [-0.2, 0) is 6.42 Å². The molecule has 3 nitrogen and oxygen atoms in total. The maximum absolute atomic E-state index is 14.0. The van der Waals surface area contributed by atoms with Gasteiger partial charge in [0.05, 0.1) is 6.04 Å². The van der Waals surface area contributed by atoms with Gasteiger partial charge in [-0.3, -0.25) is 4.79 Å². The highest BCUT2D eigenvalue weighted by molar-refractivity contribution is 5.95. The number of phenolic OH excluding ortho intramolecular Hbond substituents is 1. The quantitative estimate of drug-likeness (QED) is 0.854. The fraction of sp³-hybridized carbons (Fsp3) is 0.350. The van der Waals surface area contributed by atoms with Gasteiger partial charge in [-0.05, 0) is 54.0 Å². The summed E-state index contributed by atoms with van der Waals surface area (Å²) in [5, 5.41) is 12.1. The summed E-state index contributed by atoms with van der Waals surface area (Å²) in [5.41, 5.74) is 2.58. The Bertz CT molecular complexity index is 818. The third kappa shape index (κ3) is 3.36. The molecular weight excluding hydrogens is 324 g/mol. The Morgan fingerprint density at radius 3 is 2.72 bits per heavy atom. The SMILES string of the molecule is CC(C)c1ccc2c(c1)[C@@H](NC(=O)c1c(F)ccc(O)c1F)CCC2. The molecule has 1 amide bonds. The van der Waals surface area contributed by atoms with Crippen LogP contribution in [0.2, 0.25) is 0 Å². The highest BCUT2D eigenvalue weighted by atomic mass is 19.1. The fourth-order valence-electron chi connectivity index (χ4n) is 3.31. The zero-order valence-corrected chi connectivity index (χ0v) is 14.3. The van der Waals surface area contributed by atoms with Crippen molar-refractivity contribution in [1.29, 1.82) is 0 Å². The summed E-state index contributed by atoms with van der Waals surface area (Å²) in [6.45, 7) is 4.19. The summed E-state index contributed by atoms with van der Waals surface area (Å²) >= 11 is 0. The van der Waals surface area contributed by atoms with Crippen molar-refractivity contribution in [3.63, 3.8) is 0 Å². The van der Waals surface area contributed by atoms with Crippen LogP contribution in [0.1, 0.15) is 65.7 Å². The summed E-state index contributed by atoms with van der Waals surface area (Å²) in [6.07, 6.45) is 2.53. The molecule has 1 aliphatic carbocycles. The summed E-state index contributed by atoms with van der Waals surface area (Å²) in [6, 6.07) is 7.71. The Morgan fingerprint density at radius 1 is 1.24 bits per heavy atom. The average molecular weight is 345 g/mol. The number of aryl methyl sites for hydroxylation is 1. The predicted octanol–water partition coefficient (Wildman–Crippen LogP) is 4.60. The van der Waals surface area contributed by atoms with Gasteiger partial charge in [-0.15, -0.1) is 0 Å². The van der Waals surface area contributed by atoms with Crippen molar-refractivity contribution in [2.75, 3.05) is 0 Å². The Morgan fingerprint density at radius 2 is 2.00 bits per heavy atom. The zero-order chi connectivity index (χ0) is 18.1. The van der Waals surface area contributed by atoms with Crippen LogP contribution in [0, 0.1) is 11.6 Å². The molecule has 5 heteroatoms. The Balaban J connectivity index is 1.92. The van der Waals surface area contributed by atoms with E-state index in [9.17, 15) is 18.7 Å². The van der Waals surface area contributed by atoms with E-state index in [0.717, 1.165) is 41.7 Å². The molecule has 0 radical (unpaired) electrons. The van der Waals surface area contributed by atoms with Gasteiger partial charge in [0, 0.05) is 0 Å². The van der Waals surface area contributed by atoms with Crippen molar-refractivity contribution in [2.45, 2.75) is 45.1 Å². The van der Waals surface area contributed by atoms with Crippen LogP contribution in [0.15, 0.2) is 30.3 Å². The minimum absolute atomic E-state index is 0.295. The van der Waals surface area contributed by atoms with Crippen LogP contribution in [0.3, 0.4) is 0 Å². The molecule has 2 aromatic carbocycles. The number of carbonyl (C=O) groups is 1. The second-order valence-corrected chi connectivity index (χ2v) is 6.79. The lowest BCUT2D eigenvalue weighted by atomic mass is 9.85. The molecule has 2 aromatic rings. The van der Waals surface area contributed by atoms with Gasteiger partial charge >= 0.3 is 0 Å². The number of rotatable bonds is 3. The molecule has 1 atom stereocenters. The monoisotopic (exact) mass is 345 g/mol. The van der Waals surface area contributed by atoms with Crippen LogP contribution < -0.4 is 5.32 Å². The van der Waals surface area contributed by atoms with Gasteiger partial charge in [-0.1, -0.05) is 32.0 Å². The lowest BCUT2D eigenvalue weighted by Gasteiger charge is -2.27. The summed E-state index contributed by atoms with van der Waals surface area (Å²) in [7, 11) is 0. The summed E-state index contributed by atoms with van der Waals surface area (Å²) in [5.74, 6) is -3.45. The third-order valence-electron chi connectivity index (χ3n) is 4.75. The van der Waals surface area contributed by atoms with E-state index in [-0.39, 0.29) is 6.04 Å². The van der Waals surface area contributed by atoms with Crippen LogP contribution >= 0.6 is 0 Å². The van der Waals surface area contributed by atoms with E-state index in [2.05, 4.69) is 37.4 Å². The number of fused-ring (bicyclic) bond motifs is 1. The minimum atomic E-state index is -1.23. The van der Waals surface area contributed by atoms with Crippen molar-refractivity contribution in [3.05, 3.63) is 64.2 Å². The van der Waals surface area contributed by atoms with Gasteiger partial charge < -0.3 is 10.4 Å². The van der Waals surface area contributed by atoms with Crippen LogP contribution in [-0.4, -0.2) is 11.0 Å². The van der Waals surface area contributed by atoms with Gasteiger partial charge in [0.15, 0.2) is 11.6 Å². The first kappa shape index (κ1) is 17.4. The predicted molar refractivity (Wildman–Crippen MR) is 91.7 cm³/mol. The molecule has 25 heavy (non-hydrogen) atoms. The number of phenols is 1. The number of carbonyl (C=O) groups excluding carboxylic acids is 1. The van der Waals surface area contributed by atoms with E-state index in [1.54, 1.807) is 0 Å². The molecule has 0 saturated heterocycles. The van der Waals surface area contributed by atoms with Gasteiger partial charge in [0.2, 0.25) is 0 Å². The third-order valence-corrected chi connectivity index (χ3v) is 4.75. The Labute approximate surface area is 145 Å². The smallest absolute Gasteiger partial charge is 0.257 e. The minimum Gasteiger partial charge on any atom is -0.505 e. The fourth-order valence-corrected chi connectivity index (χ4v) is 3.31. The van der Waals surface area contributed by atoms with Gasteiger partial charge in [0.25, 0.3) is 5.91 Å². The van der Waals surface area contributed by atoms with E-state index in [4.69, 9.17) is 0 Å². The normalized spacial score (nSPS) is 16.6. The number of halogens is 2. The molecule has 2 N–H and O–H groups in total. The van der Waals surface area contributed by atoms with E-state index in [1.807, 2.05) is 0 Å². The first-order valence-corrected chi connectivity index (χ1v) is 8.49. The number of hydrogen-bond donors (Lipinski definition) is 2. The topological polar surface area (TPSA) is 49.3 Å². The van der Waals surface area contributed by atoms with E-state index < -0.39 is 28.9 Å². The van der Waals surface area contributed by atoms with Crippen molar-refractivity contribution in [3.8, 4) is 5.75 Å². The van der Waals surface area contributed by atoms with Crippen LogP contribution in [0.5, 0.6) is 5.75 Å². The Kier molecular flexibility index (Phi) is 4.75. The number of hydrogen-bond acceptors (Lipinski definition) is 2. The van der Waals surface area contributed by atoms with Crippen molar-refractivity contribution < 1.29 is 18.7 Å². The lowest BCUT2D eigenvalue weighted by Crippen LogP contribution is -2.32. The standard InChI is InChI=1S/C20H21F2NO2/c1-11(2)13-7-6-12-4-3-5-16(14(12)10-13)23-20(25)18-15(21)8-9-17(24)19(18)22/h6-11,16,24H,3-5H2,1-2H3,(H,23,25)/t16-/m0/s1. The van der Waals surface area contributed by atoms with Gasteiger partial charge in [-0.2, -0.15) is 0 Å². The number of benzene rings is 2. The van der Waals surface area contributed by atoms with E-state index in [1.165, 1.54) is 0 Å². The molecule has 0 spiro atoms. The molecule has 3 rings (SSSR count). The molecule has 0 saturated carbocycles. The Hall–Kier alpha value is -2.43. The maximum Gasteiger partial charge on any atom is 0.257 e. The van der Waals surface area contributed by atoms with E-state index >= 15 is 0 Å². The van der Waals surface area contributed by atoms with Crippen molar-refractivity contribution in [1.82, 2.24) is 5.32 Å². The average Bonchev–Trinajstić information content (AvgIpc) is 2.58. The maximum atomic E-state index is 14.0. The second-order valence-electron chi connectivity index (χ2n) is 6.79. The second kappa shape index (κ2) is 6.82. The molecule has 1 aliphatic rings. The van der Waals surface area contributed by atoms with E-state index in [0.29, 0.717) is 12.3 Å². The molecule has 0 aromatic heterocycles. The van der Waals surface area contributed by atoms with Crippen molar-refractivity contribution >= 4 is 5.91 Å². The molecule has 0 fully saturated rings. The summed E-state index contributed by atoms with van der Waals surface area (Å²) < 4.78 is 27.9.